The van der Waals surface area contributed by atoms with Gasteiger partial charge in [0.25, 0.3) is 0 Å². The Kier molecular flexibility index (Phi) is 5.57. The van der Waals surface area contributed by atoms with Crippen molar-refractivity contribution < 1.29 is 9.81 Å². The van der Waals surface area contributed by atoms with Crippen molar-refractivity contribution in [1.29, 1.82) is 0 Å². The zero-order valence-electron chi connectivity index (χ0n) is 16.9. The van der Waals surface area contributed by atoms with Crippen molar-refractivity contribution in [2.24, 2.45) is 0 Å². The van der Waals surface area contributed by atoms with Crippen molar-refractivity contribution in [3.8, 4) is 0 Å². The van der Waals surface area contributed by atoms with Gasteiger partial charge in [0.05, 0.1) is 20.4 Å². The van der Waals surface area contributed by atoms with Gasteiger partial charge in [0, 0.05) is 23.5 Å². The minimum atomic E-state index is 0.273. The summed E-state index contributed by atoms with van der Waals surface area (Å²) in [5.41, 5.74) is 15.1. The van der Waals surface area contributed by atoms with E-state index in [1.54, 1.807) is 12.1 Å². The lowest BCUT2D eigenvalue weighted by molar-refractivity contribution is -0.755. The molecule has 0 aliphatic heterocycles. The molecule has 0 radical (unpaired) electrons. The van der Waals surface area contributed by atoms with Crippen LogP contribution in [-0.4, -0.2) is 20.4 Å². The van der Waals surface area contributed by atoms with Crippen molar-refractivity contribution in [1.82, 2.24) is 20.4 Å². The smallest absolute Gasteiger partial charge is 0.208 e. The SMILES string of the molecule is Nc1cc(Nc2ccc(/C=C/c3ccc(Nc4cc(N)n[n+](N)n4)cc3)cc2)n[n+](N)n1. The van der Waals surface area contributed by atoms with Gasteiger partial charge >= 0.3 is 0 Å². The number of rotatable bonds is 6. The van der Waals surface area contributed by atoms with Crippen LogP contribution in [0, 0.1) is 0 Å². The maximum Gasteiger partial charge on any atom is 0.208 e. The van der Waals surface area contributed by atoms with Crippen LogP contribution in [0.1, 0.15) is 11.1 Å². The zero-order chi connectivity index (χ0) is 22.5. The number of nitrogens with two attached hydrogens (primary N) is 4. The van der Waals surface area contributed by atoms with E-state index in [4.69, 9.17) is 23.2 Å². The highest BCUT2D eigenvalue weighted by Gasteiger charge is 2.08. The molecule has 0 aliphatic carbocycles. The number of aromatic nitrogens is 6. The molecule has 4 rings (SSSR count). The molecule has 12 nitrogen and oxygen atoms in total. The average molecular weight is 430 g/mol. The molecule has 0 bridgehead atoms. The Hall–Kier alpha value is -5.00. The van der Waals surface area contributed by atoms with Gasteiger partial charge in [-0.3, -0.25) is 0 Å². The molecule has 4 aromatic rings. The van der Waals surface area contributed by atoms with Crippen LogP contribution in [0.4, 0.5) is 34.6 Å². The van der Waals surface area contributed by atoms with Crippen LogP contribution in [-0.2, 0) is 0 Å². The van der Waals surface area contributed by atoms with Gasteiger partial charge in [0.15, 0.2) is 9.81 Å². The number of anilines is 6. The molecule has 0 saturated heterocycles. The van der Waals surface area contributed by atoms with E-state index in [-0.39, 0.29) is 11.6 Å². The highest BCUT2D eigenvalue weighted by Crippen LogP contribution is 2.18. The molecule has 0 saturated carbocycles. The predicted octanol–water partition coefficient (Wildman–Crippen LogP) is 0.0912. The molecule has 0 spiro atoms. The Balaban J connectivity index is 1.38. The molecule has 0 aliphatic rings. The summed E-state index contributed by atoms with van der Waals surface area (Å²) >= 11 is 0. The first-order chi connectivity index (χ1) is 15.4. The van der Waals surface area contributed by atoms with E-state index in [9.17, 15) is 0 Å². The van der Waals surface area contributed by atoms with E-state index >= 15 is 0 Å². The number of hydrogen-bond acceptors (Lipinski definition) is 10. The van der Waals surface area contributed by atoms with Crippen LogP contribution in [0.5, 0.6) is 0 Å². The zero-order valence-corrected chi connectivity index (χ0v) is 16.9. The number of nitrogen functional groups attached to an aromatic ring is 4. The monoisotopic (exact) mass is 430 g/mol. The van der Waals surface area contributed by atoms with E-state index in [2.05, 4.69) is 31.0 Å². The second-order valence-electron chi connectivity index (χ2n) is 6.78. The molecule has 32 heavy (non-hydrogen) atoms. The predicted molar refractivity (Wildman–Crippen MR) is 122 cm³/mol. The highest BCUT2D eigenvalue weighted by atomic mass is 15.6. The third-order valence-electron chi connectivity index (χ3n) is 4.26. The lowest BCUT2D eigenvalue weighted by Gasteiger charge is -2.04. The first kappa shape index (κ1) is 20.3. The topological polar surface area (TPSA) is 187 Å². The lowest BCUT2D eigenvalue weighted by Crippen LogP contribution is -2.52. The lowest BCUT2D eigenvalue weighted by atomic mass is 10.1. The summed E-state index contributed by atoms with van der Waals surface area (Å²) in [5.74, 6) is 12.6. The second-order valence-corrected chi connectivity index (χ2v) is 6.78. The summed E-state index contributed by atoms with van der Waals surface area (Å²) < 4.78 is 0. The number of hydrogen-bond donors (Lipinski definition) is 6. The Labute approximate surface area is 183 Å². The minimum absolute atomic E-state index is 0.273. The second kappa shape index (κ2) is 8.79. The first-order valence-corrected chi connectivity index (χ1v) is 9.50. The van der Waals surface area contributed by atoms with E-state index in [0.29, 0.717) is 11.6 Å². The van der Waals surface area contributed by atoms with Crippen LogP contribution >= 0.6 is 0 Å². The summed E-state index contributed by atoms with van der Waals surface area (Å²) in [6.45, 7) is 0. The summed E-state index contributed by atoms with van der Waals surface area (Å²) in [7, 11) is 0. The van der Waals surface area contributed by atoms with Crippen LogP contribution in [0.2, 0.25) is 0 Å². The van der Waals surface area contributed by atoms with Gasteiger partial charge < -0.3 is 22.1 Å². The fourth-order valence-corrected chi connectivity index (χ4v) is 2.86. The maximum atomic E-state index is 5.67. The van der Waals surface area contributed by atoms with Gasteiger partial charge in [-0.25, -0.2) is 0 Å². The number of nitrogens with one attached hydrogen (secondary N) is 2. The number of benzene rings is 2. The molecule has 0 unspecified atom stereocenters. The largest absolute Gasteiger partial charge is 0.379 e. The Bertz CT molecular complexity index is 1110. The molecule has 0 amide bonds. The van der Waals surface area contributed by atoms with Gasteiger partial charge in [0.2, 0.25) is 23.3 Å². The molecule has 0 fully saturated rings. The Morgan fingerprint density at radius 2 is 0.969 bits per heavy atom. The van der Waals surface area contributed by atoms with Crippen molar-refractivity contribution in [3.05, 3.63) is 71.8 Å². The first-order valence-electron chi connectivity index (χ1n) is 9.50. The summed E-state index contributed by atoms with van der Waals surface area (Å²) in [6.07, 6.45) is 4.04. The van der Waals surface area contributed by atoms with E-state index in [0.717, 1.165) is 32.3 Å². The third kappa shape index (κ3) is 5.33. The van der Waals surface area contributed by atoms with Gasteiger partial charge in [-0.05, 0) is 35.4 Å². The van der Waals surface area contributed by atoms with Crippen molar-refractivity contribution >= 4 is 46.8 Å². The van der Waals surface area contributed by atoms with Gasteiger partial charge in [0.1, 0.15) is 0 Å². The fourth-order valence-electron chi connectivity index (χ4n) is 2.86. The van der Waals surface area contributed by atoms with Crippen LogP contribution in [0.15, 0.2) is 60.7 Å². The third-order valence-corrected chi connectivity index (χ3v) is 4.26. The molecule has 0 atom stereocenters. The van der Waals surface area contributed by atoms with Gasteiger partial charge in [-0.1, -0.05) is 36.4 Å². The summed E-state index contributed by atoms with van der Waals surface area (Å²) in [6, 6.07) is 18.9. The molecule has 2 aromatic carbocycles. The molecular weight excluding hydrogens is 408 g/mol. The van der Waals surface area contributed by atoms with E-state index < -0.39 is 0 Å². The normalized spacial score (nSPS) is 10.9. The maximum absolute atomic E-state index is 5.67. The molecule has 2 heterocycles. The quantitative estimate of drug-likeness (QED) is 0.139. The summed E-state index contributed by atoms with van der Waals surface area (Å²) in [5, 5.41) is 21.8. The molecule has 160 valence electrons. The van der Waals surface area contributed by atoms with E-state index in [1.165, 1.54) is 0 Å². The molecular formula is C20H22N12+2. The summed E-state index contributed by atoms with van der Waals surface area (Å²) in [4.78, 5) is 1.85. The van der Waals surface area contributed by atoms with E-state index in [1.807, 2.05) is 60.7 Å². The van der Waals surface area contributed by atoms with Crippen molar-refractivity contribution in [2.45, 2.75) is 0 Å². The van der Waals surface area contributed by atoms with Crippen LogP contribution in [0.25, 0.3) is 12.2 Å². The molecule has 12 heteroatoms. The van der Waals surface area contributed by atoms with Crippen molar-refractivity contribution in [3.63, 3.8) is 0 Å². The molecule has 2 aromatic heterocycles. The van der Waals surface area contributed by atoms with Gasteiger partial charge in [-0.15, -0.1) is 0 Å². The standard InChI is InChI=1S/C20H21N12/c21-17-11-19(29-31(23)27-17)25-15-7-3-13(4-8-15)1-2-14-5-9-16(10-6-14)26-20-12-18(22)28-32(24)30-20/h1-12H,23H2,(H7,21,22,24,27,28,29,30)/q+1/p+1. The Morgan fingerprint density at radius 1 is 0.594 bits per heavy atom. The highest BCUT2D eigenvalue weighted by molar-refractivity contribution is 5.72. The minimum Gasteiger partial charge on any atom is -0.379 e. The molecule has 10 N–H and O–H groups in total. The van der Waals surface area contributed by atoms with Gasteiger partial charge in [-0.2, -0.15) is 11.7 Å². The number of nitrogens with zero attached hydrogens (tertiary/aromatic N) is 6. The van der Waals surface area contributed by atoms with Crippen LogP contribution < -0.4 is 43.6 Å². The van der Waals surface area contributed by atoms with Crippen molar-refractivity contribution in [2.75, 3.05) is 33.8 Å². The Morgan fingerprint density at radius 3 is 1.31 bits per heavy atom. The average Bonchev–Trinajstić information content (AvgIpc) is 2.73. The van der Waals surface area contributed by atoms with Crippen LogP contribution in [0.3, 0.4) is 0 Å². The fraction of sp³-hybridized carbons (Fsp3) is 0.